The Morgan fingerprint density at radius 2 is 1.75 bits per heavy atom. The second-order valence-electron chi connectivity index (χ2n) is 5.31. The normalized spacial score (nSPS) is 10.7. The van der Waals surface area contributed by atoms with Crippen molar-refractivity contribution in [2.75, 3.05) is 0 Å². The van der Waals surface area contributed by atoms with Crippen LogP contribution in [0.1, 0.15) is 17.0 Å². The van der Waals surface area contributed by atoms with Gasteiger partial charge in [-0.3, -0.25) is 10.1 Å². The van der Waals surface area contributed by atoms with Crippen LogP contribution in [-0.2, 0) is 12.3 Å². The molecule has 0 saturated heterocycles. The summed E-state index contributed by atoms with van der Waals surface area (Å²) < 4.78 is 2.07. The molecule has 7 heteroatoms. The number of hydrogen-bond donors (Lipinski definition) is 0. The van der Waals surface area contributed by atoms with Crippen LogP contribution in [0.4, 0.5) is 5.69 Å². The van der Waals surface area contributed by atoms with E-state index in [-0.39, 0.29) is 5.69 Å². The number of thioether (sulfide) groups is 1. The molecule has 6 nitrogen and oxygen atoms in total. The molecule has 0 radical (unpaired) electrons. The Bertz CT molecular complexity index is 832. The Morgan fingerprint density at radius 1 is 1.04 bits per heavy atom. The lowest BCUT2D eigenvalue weighted by atomic mass is 10.2. The minimum absolute atomic E-state index is 0.104. The Morgan fingerprint density at radius 3 is 2.42 bits per heavy atom. The maximum Gasteiger partial charge on any atom is 0.269 e. The van der Waals surface area contributed by atoms with Crippen molar-refractivity contribution >= 4 is 17.4 Å². The minimum Gasteiger partial charge on any atom is -0.302 e. The summed E-state index contributed by atoms with van der Waals surface area (Å²) in [7, 11) is 0. The van der Waals surface area contributed by atoms with Crippen LogP contribution >= 0.6 is 11.8 Å². The summed E-state index contributed by atoms with van der Waals surface area (Å²) in [6.45, 7) is 2.66. The topological polar surface area (TPSA) is 73.8 Å². The van der Waals surface area contributed by atoms with Gasteiger partial charge in [0.25, 0.3) is 5.69 Å². The van der Waals surface area contributed by atoms with Crippen LogP contribution in [0.5, 0.6) is 0 Å². The number of hydrogen-bond acceptors (Lipinski definition) is 5. The van der Waals surface area contributed by atoms with Crippen LogP contribution in [0, 0.1) is 17.0 Å². The van der Waals surface area contributed by atoms with Crippen molar-refractivity contribution < 1.29 is 4.92 Å². The zero-order valence-corrected chi connectivity index (χ0v) is 13.9. The molecule has 3 aromatic rings. The highest BCUT2D eigenvalue weighted by molar-refractivity contribution is 7.98. The molecule has 0 aliphatic heterocycles. The van der Waals surface area contributed by atoms with Crippen LogP contribution in [0.2, 0.25) is 0 Å². The highest BCUT2D eigenvalue weighted by atomic mass is 32.2. The number of nitro benzene ring substituents is 1. The molecule has 0 spiro atoms. The van der Waals surface area contributed by atoms with Crippen molar-refractivity contribution in [3.8, 4) is 0 Å². The van der Waals surface area contributed by atoms with Crippen molar-refractivity contribution in [3.63, 3.8) is 0 Å². The quantitative estimate of drug-likeness (QED) is 0.387. The van der Waals surface area contributed by atoms with Crippen molar-refractivity contribution in [2.24, 2.45) is 0 Å². The summed E-state index contributed by atoms with van der Waals surface area (Å²) in [6, 6.07) is 16.8. The Hall–Kier alpha value is -2.67. The molecule has 0 amide bonds. The first-order valence-corrected chi connectivity index (χ1v) is 8.42. The fourth-order valence-electron chi connectivity index (χ4n) is 2.28. The van der Waals surface area contributed by atoms with Crippen LogP contribution in [0.15, 0.2) is 59.8 Å². The predicted octanol–water partition coefficient (Wildman–Crippen LogP) is 3.84. The Kier molecular flexibility index (Phi) is 4.90. The standard InChI is InChI=1S/C17H16N4O2S/c1-13-18-19-17(20(13)11-14-5-3-2-4-6-14)24-12-15-7-9-16(10-8-15)21(22)23/h2-10H,11-12H2,1H3. The third-order valence-electron chi connectivity index (χ3n) is 3.60. The maximum absolute atomic E-state index is 10.7. The van der Waals surface area contributed by atoms with E-state index in [1.165, 1.54) is 17.7 Å². The van der Waals surface area contributed by atoms with E-state index in [2.05, 4.69) is 26.9 Å². The number of aromatic nitrogens is 3. The summed E-state index contributed by atoms with van der Waals surface area (Å²) >= 11 is 1.57. The molecule has 0 saturated carbocycles. The molecule has 122 valence electrons. The molecule has 0 unspecified atom stereocenters. The van der Waals surface area contributed by atoms with Gasteiger partial charge in [-0.15, -0.1) is 10.2 Å². The van der Waals surface area contributed by atoms with E-state index in [9.17, 15) is 10.1 Å². The van der Waals surface area contributed by atoms with E-state index < -0.39 is 4.92 Å². The summed E-state index contributed by atoms with van der Waals surface area (Å²) in [4.78, 5) is 10.3. The van der Waals surface area contributed by atoms with Crippen LogP contribution in [0.25, 0.3) is 0 Å². The SMILES string of the molecule is Cc1nnc(SCc2ccc([N+](=O)[O-])cc2)n1Cc1ccccc1. The third kappa shape index (κ3) is 3.80. The van der Waals surface area contributed by atoms with Crippen molar-refractivity contribution in [3.05, 3.63) is 81.7 Å². The van der Waals surface area contributed by atoms with Gasteiger partial charge in [0, 0.05) is 17.9 Å². The first-order valence-electron chi connectivity index (χ1n) is 7.43. The summed E-state index contributed by atoms with van der Waals surface area (Å²) in [5.41, 5.74) is 2.31. The fourth-order valence-corrected chi connectivity index (χ4v) is 3.22. The molecule has 24 heavy (non-hydrogen) atoms. The molecule has 0 atom stereocenters. The smallest absolute Gasteiger partial charge is 0.269 e. The molecular weight excluding hydrogens is 324 g/mol. The van der Waals surface area contributed by atoms with Gasteiger partial charge in [0.05, 0.1) is 11.5 Å². The lowest BCUT2D eigenvalue weighted by Crippen LogP contribution is -2.03. The second kappa shape index (κ2) is 7.27. The van der Waals surface area contributed by atoms with E-state index >= 15 is 0 Å². The molecule has 2 aromatic carbocycles. The first kappa shape index (κ1) is 16.2. The van der Waals surface area contributed by atoms with Gasteiger partial charge in [-0.05, 0) is 18.1 Å². The lowest BCUT2D eigenvalue weighted by molar-refractivity contribution is -0.384. The summed E-state index contributed by atoms with van der Waals surface area (Å²) in [6.07, 6.45) is 0. The largest absolute Gasteiger partial charge is 0.302 e. The summed E-state index contributed by atoms with van der Waals surface area (Å²) in [5.74, 6) is 1.55. The average molecular weight is 340 g/mol. The Balaban J connectivity index is 1.70. The first-order chi connectivity index (χ1) is 11.6. The van der Waals surface area contributed by atoms with E-state index in [1.54, 1.807) is 23.9 Å². The number of non-ortho nitro benzene ring substituents is 1. The van der Waals surface area contributed by atoms with Crippen LogP contribution in [-0.4, -0.2) is 19.7 Å². The monoisotopic (exact) mass is 340 g/mol. The van der Waals surface area contributed by atoms with E-state index in [0.717, 1.165) is 23.1 Å². The number of aryl methyl sites for hydroxylation is 1. The fraction of sp³-hybridized carbons (Fsp3) is 0.176. The zero-order valence-electron chi connectivity index (χ0n) is 13.1. The Labute approximate surface area is 143 Å². The molecule has 3 rings (SSSR count). The summed E-state index contributed by atoms with van der Waals surface area (Å²) in [5, 5.41) is 19.9. The third-order valence-corrected chi connectivity index (χ3v) is 4.64. The van der Waals surface area contributed by atoms with E-state index in [1.807, 2.05) is 25.1 Å². The lowest BCUT2D eigenvalue weighted by Gasteiger charge is -2.08. The van der Waals surface area contributed by atoms with Gasteiger partial charge < -0.3 is 4.57 Å². The van der Waals surface area contributed by atoms with Gasteiger partial charge >= 0.3 is 0 Å². The van der Waals surface area contributed by atoms with Gasteiger partial charge in [0.2, 0.25) is 0 Å². The molecular formula is C17H16N4O2S. The van der Waals surface area contributed by atoms with Gasteiger partial charge in [-0.1, -0.05) is 54.2 Å². The van der Waals surface area contributed by atoms with Crippen LogP contribution in [0.3, 0.4) is 0 Å². The van der Waals surface area contributed by atoms with Crippen LogP contribution < -0.4 is 0 Å². The molecule has 1 heterocycles. The van der Waals surface area contributed by atoms with Gasteiger partial charge in [-0.2, -0.15) is 0 Å². The highest BCUT2D eigenvalue weighted by Gasteiger charge is 2.11. The molecule has 0 N–H and O–H groups in total. The van der Waals surface area contributed by atoms with Gasteiger partial charge in [-0.25, -0.2) is 0 Å². The predicted molar refractivity (Wildman–Crippen MR) is 93.0 cm³/mol. The molecule has 0 aliphatic rings. The van der Waals surface area contributed by atoms with Gasteiger partial charge in [0.1, 0.15) is 5.82 Å². The second-order valence-corrected chi connectivity index (χ2v) is 6.26. The molecule has 0 fully saturated rings. The number of nitrogens with zero attached hydrogens (tertiary/aromatic N) is 4. The van der Waals surface area contributed by atoms with Crippen molar-refractivity contribution in [2.45, 2.75) is 24.4 Å². The van der Waals surface area contributed by atoms with Crippen molar-refractivity contribution in [1.82, 2.24) is 14.8 Å². The number of benzene rings is 2. The molecule has 0 aliphatic carbocycles. The average Bonchev–Trinajstić information content (AvgIpc) is 2.94. The molecule has 1 aromatic heterocycles. The van der Waals surface area contributed by atoms with E-state index in [0.29, 0.717) is 5.75 Å². The van der Waals surface area contributed by atoms with E-state index in [4.69, 9.17) is 0 Å². The number of rotatable bonds is 6. The highest BCUT2D eigenvalue weighted by Crippen LogP contribution is 2.24. The molecule has 0 bridgehead atoms. The maximum atomic E-state index is 10.7. The van der Waals surface area contributed by atoms with Gasteiger partial charge in [0.15, 0.2) is 5.16 Å². The van der Waals surface area contributed by atoms with Crippen molar-refractivity contribution in [1.29, 1.82) is 0 Å². The zero-order chi connectivity index (χ0) is 16.9. The minimum atomic E-state index is -0.392. The number of nitro groups is 1.